The number of rotatable bonds is 5. The van der Waals surface area contributed by atoms with Gasteiger partial charge < -0.3 is 25.4 Å². The summed E-state index contributed by atoms with van der Waals surface area (Å²) in [6.45, 7) is 0.0232. The quantitative estimate of drug-likeness (QED) is 0.523. The van der Waals surface area contributed by atoms with E-state index in [4.69, 9.17) is 4.74 Å². The molecule has 0 aromatic heterocycles. The molecule has 37 heavy (non-hydrogen) atoms. The number of ether oxygens (including phenoxy) is 1. The zero-order chi connectivity index (χ0) is 27.0. The Morgan fingerprint density at radius 3 is 2.70 bits per heavy atom. The molecule has 2 aliphatic rings. The number of aliphatic hydroxyl groups excluding tert-OH is 1. The number of likely N-dealkylation sites (N-methyl/N-ethyl adjacent to an activating group) is 1. The maximum Gasteiger partial charge on any atom is 0.416 e. The summed E-state index contributed by atoms with van der Waals surface area (Å²) in [5.41, 5.74) is 0.107. The van der Waals surface area contributed by atoms with Gasteiger partial charge in [-0.1, -0.05) is 24.3 Å². The SMILES string of the molecule is CN1CC(=O)N[C@H]([C@H](O)CNCc2cccc(C(F)(F)F)c2)Cc2ccc(c(F)c2)OCCCCC1=O. The highest BCUT2D eigenvalue weighted by molar-refractivity contribution is 5.84. The van der Waals surface area contributed by atoms with Crippen molar-refractivity contribution in [1.29, 1.82) is 0 Å². The highest BCUT2D eigenvalue weighted by atomic mass is 19.4. The molecule has 2 atom stereocenters. The van der Waals surface area contributed by atoms with Crippen LogP contribution in [0, 0.1) is 5.82 Å². The number of nitrogens with one attached hydrogen (secondary N) is 2. The van der Waals surface area contributed by atoms with Gasteiger partial charge in [0.15, 0.2) is 11.6 Å². The zero-order valence-electron chi connectivity index (χ0n) is 20.5. The van der Waals surface area contributed by atoms with Crippen molar-refractivity contribution in [3.05, 3.63) is 65.0 Å². The van der Waals surface area contributed by atoms with Crippen LogP contribution in [0.3, 0.4) is 0 Å². The first-order chi connectivity index (χ1) is 17.5. The molecule has 0 spiro atoms. The summed E-state index contributed by atoms with van der Waals surface area (Å²) in [5, 5.41) is 16.4. The summed E-state index contributed by atoms with van der Waals surface area (Å²) in [6.07, 6.45) is -4.27. The van der Waals surface area contributed by atoms with Crippen molar-refractivity contribution in [3.63, 3.8) is 0 Å². The molecule has 3 N–H and O–H groups in total. The minimum Gasteiger partial charge on any atom is -0.491 e. The third-order valence-electron chi connectivity index (χ3n) is 6.05. The number of carbonyl (C=O) groups is 2. The molecule has 4 rings (SSSR count). The Morgan fingerprint density at radius 1 is 1.19 bits per heavy atom. The van der Waals surface area contributed by atoms with E-state index >= 15 is 0 Å². The lowest BCUT2D eigenvalue weighted by Crippen LogP contribution is -2.51. The van der Waals surface area contributed by atoms with Crippen LogP contribution in [0.15, 0.2) is 42.5 Å². The molecule has 0 saturated heterocycles. The lowest BCUT2D eigenvalue weighted by molar-refractivity contribution is -0.137. The summed E-state index contributed by atoms with van der Waals surface area (Å²) in [7, 11) is 1.51. The van der Waals surface area contributed by atoms with Gasteiger partial charge in [0.2, 0.25) is 11.8 Å². The molecule has 0 saturated carbocycles. The topological polar surface area (TPSA) is 90.9 Å². The number of alkyl halides is 3. The molecule has 2 aliphatic heterocycles. The van der Waals surface area contributed by atoms with E-state index in [2.05, 4.69) is 10.6 Å². The fourth-order valence-electron chi connectivity index (χ4n) is 4.00. The number of aliphatic hydroxyl groups is 1. The van der Waals surface area contributed by atoms with Crippen molar-refractivity contribution >= 4 is 11.8 Å². The first kappa shape index (κ1) is 28.4. The van der Waals surface area contributed by atoms with Crippen LogP contribution in [0.25, 0.3) is 0 Å². The fourth-order valence-corrected chi connectivity index (χ4v) is 4.00. The fraction of sp³-hybridized carbons (Fsp3) is 0.462. The zero-order valence-corrected chi connectivity index (χ0v) is 20.5. The van der Waals surface area contributed by atoms with E-state index in [1.54, 1.807) is 6.07 Å². The van der Waals surface area contributed by atoms with Gasteiger partial charge in [0.1, 0.15) is 0 Å². The first-order valence-electron chi connectivity index (χ1n) is 12.0. The third kappa shape index (κ3) is 8.71. The predicted octanol–water partition coefficient (Wildman–Crippen LogP) is 3.04. The second-order valence-electron chi connectivity index (χ2n) is 9.09. The molecular weight excluding hydrogens is 494 g/mol. The molecule has 0 unspecified atom stereocenters. The van der Waals surface area contributed by atoms with Crippen molar-refractivity contribution in [2.45, 2.75) is 50.6 Å². The van der Waals surface area contributed by atoms with Crippen LogP contribution < -0.4 is 15.4 Å². The summed E-state index contributed by atoms with van der Waals surface area (Å²) < 4.78 is 58.9. The summed E-state index contributed by atoms with van der Waals surface area (Å²) >= 11 is 0. The average Bonchev–Trinajstić information content (AvgIpc) is 2.83. The van der Waals surface area contributed by atoms with Gasteiger partial charge in [-0.3, -0.25) is 9.59 Å². The van der Waals surface area contributed by atoms with Crippen molar-refractivity contribution in [1.82, 2.24) is 15.5 Å². The molecule has 0 aliphatic carbocycles. The number of amides is 2. The van der Waals surface area contributed by atoms with Gasteiger partial charge in [0.05, 0.1) is 30.9 Å². The van der Waals surface area contributed by atoms with Gasteiger partial charge in [-0.15, -0.1) is 0 Å². The normalized spacial score (nSPS) is 18.9. The maximum atomic E-state index is 14.5. The number of carbonyl (C=O) groups excluding carboxylic acids is 2. The van der Waals surface area contributed by atoms with Crippen LogP contribution in [0.4, 0.5) is 17.6 Å². The molecule has 11 heteroatoms. The van der Waals surface area contributed by atoms with Gasteiger partial charge >= 0.3 is 6.18 Å². The highest BCUT2D eigenvalue weighted by Crippen LogP contribution is 2.29. The molecule has 7 nitrogen and oxygen atoms in total. The second kappa shape index (κ2) is 12.9. The van der Waals surface area contributed by atoms with E-state index < -0.39 is 35.6 Å². The standard InChI is InChI=1S/C26H31F4N3O4/c1-33-16-24(35)32-21(22(34)15-31-14-18-5-4-6-19(11-18)26(28,29)30)13-17-8-9-23(20(27)12-17)37-10-3-2-7-25(33)36/h4-6,8-9,11-12,21-22,31,34H,2-3,7,10,13-16H2,1H3,(H,32,35)/t21-,22+/m0/s1. The summed E-state index contributed by atoms with van der Waals surface area (Å²) in [5.74, 6) is -1.23. The van der Waals surface area contributed by atoms with Gasteiger partial charge in [-0.05, 0) is 48.6 Å². The van der Waals surface area contributed by atoms with E-state index in [0.29, 0.717) is 24.0 Å². The molecule has 2 aromatic carbocycles. The van der Waals surface area contributed by atoms with Gasteiger partial charge in [0, 0.05) is 26.6 Å². The number of benzene rings is 2. The Morgan fingerprint density at radius 2 is 1.97 bits per heavy atom. The molecule has 2 bridgehead atoms. The summed E-state index contributed by atoms with van der Waals surface area (Å²) in [6, 6.07) is 8.37. The number of halogens is 4. The first-order valence-corrected chi connectivity index (χ1v) is 12.0. The molecule has 0 radical (unpaired) electrons. The molecule has 2 aromatic rings. The minimum absolute atomic E-state index is 0.0551. The van der Waals surface area contributed by atoms with Gasteiger partial charge in [-0.2, -0.15) is 13.2 Å². The molecular formula is C26H31F4N3O4. The van der Waals surface area contributed by atoms with Gasteiger partial charge in [0.25, 0.3) is 0 Å². The van der Waals surface area contributed by atoms with Crippen LogP contribution in [-0.2, 0) is 28.7 Å². The van der Waals surface area contributed by atoms with Crippen LogP contribution in [0.5, 0.6) is 5.75 Å². The Bertz CT molecular complexity index is 1080. The maximum absolute atomic E-state index is 14.5. The van der Waals surface area contributed by atoms with Gasteiger partial charge in [-0.25, -0.2) is 4.39 Å². The van der Waals surface area contributed by atoms with Crippen molar-refractivity contribution in [2.75, 3.05) is 26.7 Å². The smallest absolute Gasteiger partial charge is 0.416 e. The van der Waals surface area contributed by atoms with Crippen molar-refractivity contribution in [3.8, 4) is 5.75 Å². The highest BCUT2D eigenvalue weighted by Gasteiger charge is 2.30. The largest absolute Gasteiger partial charge is 0.491 e. The summed E-state index contributed by atoms with van der Waals surface area (Å²) in [4.78, 5) is 26.3. The number of hydrogen-bond donors (Lipinski definition) is 3. The number of nitrogens with zero attached hydrogens (tertiary/aromatic N) is 1. The van der Waals surface area contributed by atoms with Crippen LogP contribution in [0.1, 0.15) is 36.0 Å². The van der Waals surface area contributed by atoms with Crippen LogP contribution >= 0.6 is 0 Å². The Kier molecular flexibility index (Phi) is 9.87. The molecule has 0 fully saturated rings. The Balaban J connectivity index is 1.71. The third-order valence-corrected chi connectivity index (χ3v) is 6.05. The monoisotopic (exact) mass is 525 g/mol. The molecule has 202 valence electrons. The average molecular weight is 526 g/mol. The minimum atomic E-state index is -4.46. The lowest BCUT2D eigenvalue weighted by atomic mass is 10.00. The van der Waals surface area contributed by atoms with Crippen LogP contribution in [0.2, 0.25) is 0 Å². The predicted molar refractivity (Wildman–Crippen MR) is 128 cm³/mol. The van der Waals surface area contributed by atoms with E-state index in [0.717, 1.165) is 12.1 Å². The Hall–Kier alpha value is -3.18. The van der Waals surface area contributed by atoms with Crippen molar-refractivity contribution in [2.24, 2.45) is 0 Å². The van der Waals surface area contributed by atoms with E-state index in [-0.39, 0.29) is 50.7 Å². The van der Waals surface area contributed by atoms with Crippen LogP contribution in [-0.4, -0.2) is 60.7 Å². The molecule has 2 amide bonds. The number of fused-ring (bicyclic) bond motifs is 13. The second-order valence-corrected chi connectivity index (χ2v) is 9.09. The Labute approximate surface area is 212 Å². The van der Waals surface area contributed by atoms with Crippen molar-refractivity contribution < 1.29 is 37.0 Å². The molecule has 2 heterocycles. The lowest BCUT2D eigenvalue weighted by Gasteiger charge is -2.26. The van der Waals surface area contributed by atoms with E-state index in [1.165, 1.54) is 36.2 Å². The van der Waals surface area contributed by atoms with E-state index in [1.807, 2.05) is 0 Å². The number of hydrogen-bond acceptors (Lipinski definition) is 5. The van der Waals surface area contributed by atoms with E-state index in [9.17, 15) is 32.3 Å².